The fraction of sp³-hybridized carbons (Fsp3) is 0.840. The number of hydrogen-bond acceptors (Lipinski definition) is 2. The van der Waals surface area contributed by atoms with Crippen LogP contribution in [0.25, 0.3) is 0 Å². The quantitative estimate of drug-likeness (QED) is 0.720. The maximum atomic E-state index is 8.89. The highest BCUT2D eigenvalue weighted by Gasteiger charge is 2.57. The van der Waals surface area contributed by atoms with Gasteiger partial charge in [-0.1, -0.05) is 0 Å². The van der Waals surface area contributed by atoms with E-state index in [4.69, 9.17) is 9.90 Å². The van der Waals surface area contributed by atoms with E-state index < -0.39 is 5.97 Å². The summed E-state index contributed by atoms with van der Waals surface area (Å²) >= 11 is 0. The smallest absolute Gasteiger partial charge is 0.244 e. The van der Waals surface area contributed by atoms with Crippen LogP contribution >= 0.6 is 0 Å². The molecule has 0 aliphatic heterocycles. The third-order valence-corrected chi connectivity index (χ3v) is 9.74. The molecule has 8 bridgehead atoms. The van der Waals surface area contributed by atoms with Gasteiger partial charge in [-0.2, -0.15) is 0 Å². The summed E-state index contributed by atoms with van der Waals surface area (Å²) in [6.45, 7) is 0.972. The van der Waals surface area contributed by atoms with Crippen LogP contribution in [0, 0.1) is 35.5 Å². The van der Waals surface area contributed by atoms with Crippen molar-refractivity contribution in [2.45, 2.75) is 95.1 Å². The lowest BCUT2D eigenvalue weighted by Crippen LogP contribution is -2.64. The fourth-order valence-corrected chi connectivity index (χ4v) is 9.68. The van der Waals surface area contributed by atoms with Gasteiger partial charge < -0.3 is 9.90 Å². The van der Waals surface area contributed by atoms with Crippen LogP contribution < -0.4 is 9.67 Å². The molecule has 8 aliphatic rings. The van der Waals surface area contributed by atoms with Gasteiger partial charge in [0.2, 0.25) is 6.33 Å². The van der Waals surface area contributed by atoms with Crippen LogP contribution in [0.4, 0.5) is 0 Å². The molecule has 0 aromatic carbocycles. The number of carboxylic acids is 1. The Bertz CT molecular complexity index is 676. The molecule has 8 saturated carbocycles. The molecule has 0 saturated heterocycles. The molecule has 158 valence electrons. The molecular formula is C25H36N2O2. The van der Waals surface area contributed by atoms with Gasteiger partial charge in [0.15, 0.2) is 0 Å². The molecule has 0 amide bonds. The van der Waals surface area contributed by atoms with Crippen molar-refractivity contribution in [2.75, 3.05) is 0 Å². The number of imidazole rings is 1. The van der Waals surface area contributed by atoms with Gasteiger partial charge in [0.25, 0.3) is 0 Å². The molecule has 9 rings (SSSR count). The SMILES string of the molecule is CC(=O)[O-].c1c[n+](C23CC4CC(CC(C4)C2)C3)cn1C12CC3CC(CC(C3)C1)C2. The lowest BCUT2D eigenvalue weighted by Gasteiger charge is -2.55. The maximum Gasteiger partial charge on any atom is 0.244 e. The van der Waals surface area contributed by atoms with Crippen molar-refractivity contribution in [2.24, 2.45) is 35.5 Å². The first kappa shape index (κ1) is 18.4. The Hall–Kier alpha value is -1.32. The number of rotatable bonds is 2. The van der Waals surface area contributed by atoms with Crippen LogP contribution in [-0.2, 0) is 15.9 Å². The lowest BCUT2D eigenvalue weighted by atomic mass is 9.53. The second-order valence-corrected chi connectivity index (χ2v) is 12.0. The molecule has 8 fully saturated rings. The van der Waals surface area contributed by atoms with Crippen molar-refractivity contribution in [1.29, 1.82) is 0 Å². The predicted octanol–water partition coefficient (Wildman–Crippen LogP) is 3.38. The lowest BCUT2D eigenvalue weighted by molar-refractivity contribution is -0.776. The van der Waals surface area contributed by atoms with E-state index in [9.17, 15) is 0 Å². The summed E-state index contributed by atoms with van der Waals surface area (Å²) in [5.41, 5.74) is 1.00. The molecule has 1 aromatic heterocycles. The maximum absolute atomic E-state index is 8.89. The Balaban J connectivity index is 0.000000382. The highest BCUT2D eigenvalue weighted by Crippen LogP contribution is 2.59. The number of aromatic nitrogens is 2. The van der Waals surface area contributed by atoms with Crippen molar-refractivity contribution < 1.29 is 14.5 Å². The Morgan fingerprint density at radius 2 is 1.21 bits per heavy atom. The molecule has 1 heterocycles. The van der Waals surface area contributed by atoms with Gasteiger partial charge in [-0.05, 0) is 119 Å². The van der Waals surface area contributed by atoms with Gasteiger partial charge in [-0.25, -0.2) is 9.13 Å². The van der Waals surface area contributed by atoms with E-state index >= 15 is 0 Å². The van der Waals surface area contributed by atoms with Crippen molar-refractivity contribution in [3.63, 3.8) is 0 Å². The Labute approximate surface area is 174 Å². The van der Waals surface area contributed by atoms with Crippen LogP contribution in [0.3, 0.4) is 0 Å². The van der Waals surface area contributed by atoms with Crippen LogP contribution in [0.5, 0.6) is 0 Å². The van der Waals surface area contributed by atoms with Crippen molar-refractivity contribution in [3.05, 3.63) is 18.7 Å². The second kappa shape index (κ2) is 6.34. The van der Waals surface area contributed by atoms with E-state index in [0.717, 1.165) is 42.4 Å². The molecule has 0 N–H and O–H groups in total. The minimum atomic E-state index is -1.08. The minimum Gasteiger partial charge on any atom is -0.550 e. The molecule has 0 spiro atoms. The highest BCUT2D eigenvalue weighted by atomic mass is 16.4. The van der Waals surface area contributed by atoms with Crippen LogP contribution in [0.1, 0.15) is 84.0 Å². The molecule has 0 unspecified atom stereocenters. The molecule has 0 radical (unpaired) electrons. The number of carboxylic acid groups (broad SMARTS) is 1. The molecule has 1 aromatic rings. The average Bonchev–Trinajstić information content (AvgIpc) is 3.10. The third-order valence-electron chi connectivity index (χ3n) is 9.74. The van der Waals surface area contributed by atoms with Crippen molar-refractivity contribution >= 4 is 5.97 Å². The van der Waals surface area contributed by atoms with E-state index in [-0.39, 0.29) is 0 Å². The Morgan fingerprint density at radius 1 is 0.828 bits per heavy atom. The van der Waals surface area contributed by atoms with E-state index in [0.29, 0.717) is 11.1 Å². The summed E-state index contributed by atoms with van der Waals surface area (Å²) < 4.78 is 5.46. The number of nitrogens with zero attached hydrogens (tertiary/aromatic N) is 2. The van der Waals surface area contributed by atoms with E-state index in [2.05, 4.69) is 27.9 Å². The average molecular weight is 397 g/mol. The van der Waals surface area contributed by atoms with Gasteiger partial charge in [-0.15, -0.1) is 0 Å². The molecular weight excluding hydrogens is 360 g/mol. The molecule has 8 aliphatic carbocycles. The second-order valence-electron chi connectivity index (χ2n) is 12.0. The first-order chi connectivity index (χ1) is 13.9. The summed E-state index contributed by atoms with van der Waals surface area (Å²) in [6.07, 6.45) is 25.8. The molecule has 4 nitrogen and oxygen atoms in total. The zero-order valence-electron chi connectivity index (χ0n) is 17.9. The first-order valence-corrected chi connectivity index (χ1v) is 12.2. The summed E-state index contributed by atoms with van der Waals surface area (Å²) in [5, 5.41) is 8.89. The van der Waals surface area contributed by atoms with Gasteiger partial charge in [-0.3, -0.25) is 0 Å². The number of aliphatic carboxylic acids is 1. The zero-order valence-corrected chi connectivity index (χ0v) is 17.9. The molecule has 4 heteroatoms. The summed E-state index contributed by atoms with van der Waals surface area (Å²) in [5.74, 6) is 5.18. The van der Waals surface area contributed by atoms with Gasteiger partial charge >= 0.3 is 0 Å². The summed E-state index contributed by atoms with van der Waals surface area (Å²) in [7, 11) is 0. The largest absolute Gasteiger partial charge is 0.550 e. The topological polar surface area (TPSA) is 48.9 Å². The van der Waals surface area contributed by atoms with E-state index in [1.165, 1.54) is 38.5 Å². The predicted molar refractivity (Wildman–Crippen MR) is 108 cm³/mol. The Morgan fingerprint density at radius 3 is 1.62 bits per heavy atom. The third kappa shape index (κ3) is 2.99. The fourth-order valence-electron chi connectivity index (χ4n) is 9.68. The molecule has 0 atom stereocenters. The molecule has 29 heavy (non-hydrogen) atoms. The van der Waals surface area contributed by atoms with E-state index in [1.807, 2.05) is 0 Å². The zero-order chi connectivity index (χ0) is 19.8. The van der Waals surface area contributed by atoms with Gasteiger partial charge in [0.05, 0.1) is 0 Å². The highest BCUT2D eigenvalue weighted by molar-refractivity contribution is 5.60. The summed E-state index contributed by atoms with van der Waals surface area (Å²) in [6, 6.07) is 0. The van der Waals surface area contributed by atoms with Crippen LogP contribution in [-0.4, -0.2) is 10.5 Å². The minimum absolute atomic E-state index is 0.502. The number of carbonyl (C=O) groups is 1. The van der Waals surface area contributed by atoms with Gasteiger partial charge in [0.1, 0.15) is 23.5 Å². The monoisotopic (exact) mass is 396 g/mol. The standard InChI is InChI=1S/C23H33N2.C2H4O2/c1-2-25(23-12-19-6-20(13-23)8-21(7-19)14-23)15-24(1)22-9-16-3-17(10-22)5-18(4-16)11-22;1-2(3)4/h1-2,15-21H,3-14H2;1H3,(H,3,4)/q+1;/p-1. The van der Waals surface area contributed by atoms with Crippen molar-refractivity contribution in [1.82, 2.24) is 4.57 Å². The Kier molecular flexibility index (Phi) is 4.03. The first-order valence-electron chi connectivity index (χ1n) is 12.2. The number of carbonyl (C=O) groups excluding carboxylic acids is 1. The van der Waals surface area contributed by atoms with Crippen LogP contribution in [0.15, 0.2) is 18.7 Å². The number of hydrogen-bond donors (Lipinski definition) is 0. The van der Waals surface area contributed by atoms with Gasteiger partial charge in [0, 0.05) is 5.97 Å². The van der Waals surface area contributed by atoms with Crippen molar-refractivity contribution in [3.8, 4) is 0 Å². The summed E-state index contributed by atoms with van der Waals surface area (Å²) in [4.78, 5) is 8.89. The van der Waals surface area contributed by atoms with Crippen LogP contribution in [0.2, 0.25) is 0 Å². The normalized spacial score (nSPS) is 48.4. The van der Waals surface area contributed by atoms with E-state index in [1.54, 1.807) is 38.5 Å².